The molecular formula is C24H28ClFN4O3. The Hall–Kier alpha value is -2.84. The number of aromatic nitrogens is 2. The highest BCUT2D eigenvalue weighted by Crippen LogP contribution is 2.27. The molecule has 0 radical (unpaired) electrons. The Morgan fingerprint density at radius 2 is 1.82 bits per heavy atom. The van der Waals surface area contributed by atoms with Crippen molar-refractivity contribution in [3.63, 3.8) is 0 Å². The van der Waals surface area contributed by atoms with E-state index in [1.54, 1.807) is 17.0 Å². The van der Waals surface area contributed by atoms with Crippen LogP contribution in [-0.4, -0.2) is 57.4 Å². The number of piperazine rings is 1. The number of ether oxygens (including phenoxy) is 1. The largest absolute Gasteiger partial charge is 0.444 e. The minimum absolute atomic E-state index is 0.0692. The van der Waals surface area contributed by atoms with E-state index in [0.717, 1.165) is 28.1 Å². The minimum atomic E-state index is -0.539. The van der Waals surface area contributed by atoms with Gasteiger partial charge in [0.15, 0.2) is 0 Å². The van der Waals surface area contributed by atoms with Crippen molar-refractivity contribution in [3.8, 4) is 0 Å². The summed E-state index contributed by atoms with van der Waals surface area (Å²) in [5.74, 6) is 0.298. The highest BCUT2D eigenvalue weighted by Gasteiger charge is 2.28. The normalized spacial score (nSPS) is 14.7. The third kappa shape index (κ3) is 5.23. The highest BCUT2D eigenvalue weighted by atomic mass is 35.5. The van der Waals surface area contributed by atoms with Crippen molar-refractivity contribution in [2.24, 2.45) is 0 Å². The first kappa shape index (κ1) is 23.3. The zero-order valence-electron chi connectivity index (χ0n) is 19.0. The second kappa shape index (κ2) is 9.19. The SMILES string of the molecule is CC(C)(C)OC(=O)N1CCN(c2nc3cc(CO)ccc3n2Cc2ccc(F)c(Cl)c2)CC1. The predicted octanol–water partition coefficient (Wildman–Crippen LogP) is 4.43. The number of aliphatic hydroxyl groups excluding tert-OH is 1. The third-order valence-electron chi connectivity index (χ3n) is 5.51. The van der Waals surface area contributed by atoms with Crippen LogP contribution in [0.2, 0.25) is 5.02 Å². The number of fused-ring (bicyclic) bond motifs is 1. The molecule has 2 aromatic carbocycles. The number of anilines is 1. The number of aliphatic hydroxyl groups is 1. The summed E-state index contributed by atoms with van der Waals surface area (Å²) in [4.78, 5) is 21.1. The average molecular weight is 475 g/mol. The lowest BCUT2D eigenvalue weighted by atomic mass is 10.2. The molecule has 3 aromatic rings. The number of rotatable bonds is 4. The van der Waals surface area contributed by atoms with Gasteiger partial charge in [-0.1, -0.05) is 23.7 Å². The maximum absolute atomic E-state index is 13.7. The van der Waals surface area contributed by atoms with E-state index in [-0.39, 0.29) is 17.7 Å². The lowest BCUT2D eigenvalue weighted by Crippen LogP contribution is -2.50. The maximum atomic E-state index is 13.7. The summed E-state index contributed by atoms with van der Waals surface area (Å²) in [6.45, 7) is 8.17. The van der Waals surface area contributed by atoms with Gasteiger partial charge in [0, 0.05) is 26.2 Å². The Morgan fingerprint density at radius 3 is 2.45 bits per heavy atom. The van der Waals surface area contributed by atoms with Gasteiger partial charge < -0.3 is 24.2 Å². The molecule has 0 bridgehead atoms. The summed E-state index contributed by atoms with van der Waals surface area (Å²) in [6, 6.07) is 10.3. The molecule has 0 atom stereocenters. The van der Waals surface area contributed by atoms with Crippen LogP contribution in [0.15, 0.2) is 36.4 Å². The number of amides is 1. The summed E-state index contributed by atoms with van der Waals surface area (Å²) in [7, 11) is 0. The van der Waals surface area contributed by atoms with Crippen LogP contribution in [-0.2, 0) is 17.9 Å². The fourth-order valence-corrected chi connectivity index (χ4v) is 4.10. The molecule has 1 N–H and O–H groups in total. The van der Waals surface area contributed by atoms with E-state index in [1.807, 2.05) is 39.0 Å². The van der Waals surface area contributed by atoms with Crippen LogP contribution in [0.25, 0.3) is 11.0 Å². The number of hydrogen-bond donors (Lipinski definition) is 1. The van der Waals surface area contributed by atoms with Gasteiger partial charge in [-0.25, -0.2) is 14.2 Å². The van der Waals surface area contributed by atoms with Gasteiger partial charge in [0.2, 0.25) is 5.95 Å². The molecular weight excluding hydrogens is 447 g/mol. The second-order valence-electron chi connectivity index (χ2n) is 9.18. The molecule has 7 nitrogen and oxygen atoms in total. The van der Waals surface area contributed by atoms with Crippen LogP contribution in [0, 0.1) is 5.82 Å². The standard InChI is InChI=1S/C24H28ClFN4O3/c1-24(2,3)33-23(32)29-10-8-28(9-11-29)22-27-20-13-17(15-31)5-7-21(20)30(22)14-16-4-6-19(26)18(25)12-16/h4-7,12-13,31H,8-11,14-15H2,1-3H3. The Bertz CT molecular complexity index is 1170. The highest BCUT2D eigenvalue weighted by molar-refractivity contribution is 6.30. The number of carbonyl (C=O) groups excluding carboxylic acids is 1. The minimum Gasteiger partial charge on any atom is -0.444 e. The van der Waals surface area contributed by atoms with E-state index in [2.05, 4.69) is 9.47 Å². The molecule has 1 fully saturated rings. The zero-order valence-corrected chi connectivity index (χ0v) is 19.8. The van der Waals surface area contributed by atoms with Gasteiger partial charge in [0.25, 0.3) is 0 Å². The van der Waals surface area contributed by atoms with Gasteiger partial charge in [-0.05, 0) is 56.2 Å². The van der Waals surface area contributed by atoms with Crippen LogP contribution in [0.3, 0.4) is 0 Å². The Kier molecular flexibility index (Phi) is 6.50. The number of imidazole rings is 1. The fourth-order valence-electron chi connectivity index (χ4n) is 3.89. The molecule has 0 unspecified atom stereocenters. The van der Waals surface area contributed by atoms with Gasteiger partial charge in [0.05, 0.1) is 29.2 Å². The van der Waals surface area contributed by atoms with E-state index < -0.39 is 11.4 Å². The van der Waals surface area contributed by atoms with Gasteiger partial charge in [-0.2, -0.15) is 0 Å². The smallest absolute Gasteiger partial charge is 0.410 e. The summed E-state index contributed by atoms with van der Waals surface area (Å²) in [6.07, 6.45) is -0.316. The molecule has 176 valence electrons. The molecule has 1 aliphatic heterocycles. The number of carbonyl (C=O) groups is 1. The van der Waals surface area contributed by atoms with Crippen LogP contribution in [0.4, 0.5) is 15.1 Å². The predicted molar refractivity (Wildman–Crippen MR) is 126 cm³/mol. The molecule has 0 spiro atoms. The molecule has 1 aliphatic rings. The lowest BCUT2D eigenvalue weighted by molar-refractivity contribution is 0.0240. The molecule has 2 heterocycles. The number of hydrogen-bond acceptors (Lipinski definition) is 5. The molecule has 1 saturated heterocycles. The van der Waals surface area contributed by atoms with Crippen molar-refractivity contribution >= 4 is 34.7 Å². The first-order valence-electron chi connectivity index (χ1n) is 10.9. The Balaban J connectivity index is 1.62. The molecule has 1 aromatic heterocycles. The number of benzene rings is 2. The maximum Gasteiger partial charge on any atom is 0.410 e. The van der Waals surface area contributed by atoms with Crippen molar-refractivity contribution in [1.29, 1.82) is 0 Å². The van der Waals surface area contributed by atoms with E-state index in [0.29, 0.717) is 32.7 Å². The monoisotopic (exact) mass is 474 g/mol. The second-order valence-corrected chi connectivity index (χ2v) is 9.59. The summed E-state index contributed by atoms with van der Waals surface area (Å²) >= 11 is 6.00. The Labute approximate surface area is 197 Å². The molecule has 9 heteroatoms. The van der Waals surface area contributed by atoms with Crippen LogP contribution in [0.5, 0.6) is 0 Å². The molecule has 0 saturated carbocycles. The summed E-state index contributed by atoms with van der Waals surface area (Å²) < 4.78 is 21.2. The topological polar surface area (TPSA) is 70.8 Å². The van der Waals surface area contributed by atoms with Crippen molar-refractivity contribution < 1.29 is 19.0 Å². The van der Waals surface area contributed by atoms with E-state index >= 15 is 0 Å². The average Bonchev–Trinajstić information content (AvgIpc) is 3.12. The van der Waals surface area contributed by atoms with Gasteiger partial charge >= 0.3 is 6.09 Å². The summed E-state index contributed by atoms with van der Waals surface area (Å²) in [5, 5.41) is 9.61. The molecule has 0 aliphatic carbocycles. The van der Waals surface area contributed by atoms with Gasteiger partial charge in [0.1, 0.15) is 11.4 Å². The molecule has 4 rings (SSSR count). The van der Waals surface area contributed by atoms with Crippen molar-refractivity contribution in [1.82, 2.24) is 14.5 Å². The Morgan fingerprint density at radius 1 is 1.12 bits per heavy atom. The van der Waals surface area contributed by atoms with Gasteiger partial charge in [-0.3, -0.25) is 0 Å². The van der Waals surface area contributed by atoms with Crippen LogP contribution in [0.1, 0.15) is 31.9 Å². The summed E-state index contributed by atoms with van der Waals surface area (Å²) in [5.41, 5.74) is 2.75. The van der Waals surface area contributed by atoms with Crippen molar-refractivity contribution in [3.05, 3.63) is 58.4 Å². The molecule has 1 amide bonds. The van der Waals surface area contributed by atoms with E-state index in [9.17, 15) is 14.3 Å². The quantitative estimate of drug-likeness (QED) is 0.606. The third-order valence-corrected chi connectivity index (χ3v) is 5.80. The molecule has 33 heavy (non-hydrogen) atoms. The zero-order chi connectivity index (χ0) is 23.8. The van der Waals surface area contributed by atoms with E-state index in [1.165, 1.54) is 6.07 Å². The number of nitrogens with zero attached hydrogens (tertiary/aromatic N) is 4. The van der Waals surface area contributed by atoms with E-state index in [4.69, 9.17) is 21.3 Å². The van der Waals surface area contributed by atoms with Gasteiger partial charge in [-0.15, -0.1) is 0 Å². The first-order chi connectivity index (χ1) is 15.6. The fraction of sp³-hybridized carbons (Fsp3) is 0.417. The first-order valence-corrected chi connectivity index (χ1v) is 11.3. The van der Waals surface area contributed by atoms with Crippen molar-refractivity contribution in [2.45, 2.75) is 39.5 Å². The van der Waals surface area contributed by atoms with Crippen LogP contribution >= 0.6 is 11.6 Å². The van der Waals surface area contributed by atoms with Crippen molar-refractivity contribution in [2.75, 3.05) is 31.1 Å². The lowest BCUT2D eigenvalue weighted by Gasteiger charge is -2.36. The van der Waals surface area contributed by atoms with Crippen LogP contribution < -0.4 is 4.90 Å². The number of halogens is 2.